The number of benzene rings is 1. The number of hydrogen-bond donors (Lipinski definition) is 2. The Kier molecular flexibility index (Phi) is 5.21. The lowest BCUT2D eigenvalue weighted by Gasteiger charge is -2.13. The van der Waals surface area contributed by atoms with E-state index in [1.54, 1.807) is 14.2 Å². The molecule has 2 aromatic rings. The highest BCUT2D eigenvalue weighted by Gasteiger charge is 2.10. The smallest absolute Gasteiger partial charge is 0.162 e. The van der Waals surface area contributed by atoms with E-state index in [9.17, 15) is 0 Å². The van der Waals surface area contributed by atoms with Gasteiger partial charge >= 0.3 is 0 Å². The Bertz CT molecular complexity index is 622. The van der Waals surface area contributed by atoms with Crippen LogP contribution in [0, 0.1) is 0 Å². The third-order valence-corrected chi connectivity index (χ3v) is 3.53. The highest BCUT2D eigenvalue weighted by Crippen LogP contribution is 2.33. The number of hydrogen-bond acceptors (Lipinski definition) is 6. The van der Waals surface area contributed by atoms with Crippen molar-refractivity contribution in [1.29, 1.82) is 0 Å². The molecule has 0 aliphatic rings. The van der Waals surface area contributed by atoms with E-state index >= 15 is 0 Å². The van der Waals surface area contributed by atoms with Crippen LogP contribution in [0.2, 0.25) is 0 Å². The van der Waals surface area contributed by atoms with Crippen molar-refractivity contribution in [3.05, 3.63) is 29.0 Å². The summed E-state index contributed by atoms with van der Waals surface area (Å²) < 4.78 is 11.3. The average molecular weight is 353 g/mol. The second-order valence-corrected chi connectivity index (χ2v) is 4.90. The molecule has 1 aromatic carbocycles. The van der Waals surface area contributed by atoms with Gasteiger partial charge in [-0.1, -0.05) is 0 Å². The molecule has 0 amide bonds. The van der Waals surface area contributed by atoms with Crippen LogP contribution in [0.4, 0.5) is 17.3 Å². The van der Waals surface area contributed by atoms with Gasteiger partial charge < -0.3 is 20.1 Å². The van der Waals surface area contributed by atoms with Crippen LogP contribution in [0.15, 0.2) is 29.0 Å². The van der Waals surface area contributed by atoms with Crippen molar-refractivity contribution in [3.63, 3.8) is 0 Å². The van der Waals surface area contributed by atoms with Crippen LogP contribution >= 0.6 is 15.9 Å². The van der Waals surface area contributed by atoms with Crippen molar-refractivity contribution in [2.75, 3.05) is 31.4 Å². The zero-order chi connectivity index (χ0) is 15.2. The largest absolute Gasteiger partial charge is 0.493 e. The summed E-state index contributed by atoms with van der Waals surface area (Å²) in [5.41, 5.74) is 0.842. The van der Waals surface area contributed by atoms with Gasteiger partial charge in [0, 0.05) is 18.3 Å². The van der Waals surface area contributed by atoms with E-state index in [-0.39, 0.29) is 0 Å². The molecule has 112 valence electrons. The Hall–Kier alpha value is -2.02. The van der Waals surface area contributed by atoms with E-state index in [0.717, 1.165) is 22.5 Å². The van der Waals surface area contributed by atoms with Crippen LogP contribution in [0.3, 0.4) is 0 Å². The minimum absolute atomic E-state index is 0.652. The minimum Gasteiger partial charge on any atom is -0.493 e. The first-order valence-electron chi connectivity index (χ1n) is 6.43. The number of halogens is 1. The Morgan fingerprint density at radius 3 is 2.48 bits per heavy atom. The van der Waals surface area contributed by atoms with Crippen LogP contribution in [-0.4, -0.2) is 30.7 Å². The zero-order valence-corrected chi connectivity index (χ0v) is 13.7. The SMILES string of the molecule is CCNc1ncnc(Nc2ccc(OC)c(OC)c2)c1Br. The molecular weight excluding hydrogens is 336 g/mol. The molecule has 0 saturated carbocycles. The van der Waals surface area contributed by atoms with Gasteiger partial charge in [-0.3, -0.25) is 0 Å². The Labute approximate surface area is 132 Å². The molecule has 0 radical (unpaired) electrons. The standard InChI is InChI=1S/C14H17BrN4O2/c1-4-16-13-12(15)14(18-8-17-13)19-9-5-6-10(20-2)11(7-9)21-3/h5-8H,4H2,1-3H3,(H2,16,17,18,19). The second kappa shape index (κ2) is 7.12. The molecule has 0 aliphatic heterocycles. The van der Waals surface area contributed by atoms with E-state index in [0.29, 0.717) is 17.3 Å². The average Bonchev–Trinajstić information content (AvgIpc) is 2.51. The lowest BCUT2D eigenvalue weighted by molar-refractivity contribution is 0.355. The number of rotatable bonds is 6. The first kappa shape index (κ1) is 15.4. The number of aromatic nitrogens is 2. The fraction of sp³-hybridized carbons (Fsp3) is 0.286. The number of anilines is 3. The van der Waals surface area contributed by atoms with Crippen molar-refractivity contribution in [2.24, 2.45) is 0 Å². The summed E-state index contributed by atoms with van der Waals surface area (Å²) in [6.07, 6.45) is 1.51. The Morgan fingerprint density at radius 2 is 1.81 bits per heavy atom. The van der Waals surface area contributed by atoms with Gasteiger partial charge in [0.05, 0.1) is 14.2 Å². The molecule has 0 bridgehead atoms. The second-order valence-electron chi connectivity index (χ2n) is 4.11. The fourth-order valence-corrected chi connectivity index (χ4v) is 2.24. The zero-order valence-electron chi connectivity index (χ0n) is 12.1. The summed E-state index contributed by atoms with van der Waals surface area (Å²) >= 11 is 3.50. The van der Waals surface area contributed by atoms with Crippen LogP contribution in [0.5, 0.6) is 11.5 Å². The molecule has 6 nitrogen and oxygen atoms in total. The Balaban J connectivity index is 2.28. The molecule has 0 atom stereocenters. The molecule has 7 heteroatoms. The van der Waals surface area contributed by atoms with Gasteiger partial charge in [-0.25, -0.2) is 9.97 Å². The van der Waals surface area contributed by atoms with Gasteiger partial charge in [0.1, 0.15) is 22.4 Å². The number of methoxy groups -OCH3 is 2. The third-order valence-electron chi connectivity index (χ3n) is 2.78. The monoisotopic (exact) mass is 352 g/mol. The summed E-state index contributed by atoms with van der Waals surface area (Å²) in [7, 11) is 3.21. The molecule has 1 heterocycles. The van der Waals surface area contributed by atoms with Crippen molar-refractivity contribution in [3.8, 4) is 11.5 Å². The molecule has 2 rings (SSSR count). The number of nitrogens with one attached hydrogen (secondary N) is 2. The summed E-state index contributed by atoms with van der Waals surface area (Å²) in [6, 6.07) is 5.57. The van der Waals surface area contributed by atoms with Crippen molar-refractivity contribution >= 4 is 33.3 Å². The lowest BCUT2D eigenvalue weighted by atomic mass is 10.2. The summed E-state index contributed by atoms with van der Waals surface area (Å²) in [4.78, 5) is 8.41. The minimum atomic E-state index is 0.652. The predicted octanol–water partition coefficient (Wildman–Crippen LogP) is 3.43. The van der Waals surface area contributed by atoms with E-state index in [1.807, 2.05) is 25.1 Å². The van der Waals surface area contributed by atoms with Crippen molar-refractivity contribution in [2.45, 2.75) is 6.92 Å². The molecular formula is C14H17BrN4O2. The van der Waals surface area contributed by atoms with Gasteiger partial charge in [-0.05, 0) is 35.0 Å². The number of nitrogens with zero attached hydrogens (tertiary/aromatic N) is 2. The molecule has 0 spiro atoms. The van der Waals surface area contributed by atoms with Crippen molar-refractivity contribution < 1.29 is 9.47 Å². The third kappa shape index (κ3) is 3.55. The molecule has 0 unspecified atom stereocenters. The molecule has 0 saturated heterocycles. The maximum absolute atomic E-state index is 5.29. The van der Waals surface area contributed by atoms with Gasteiger partial charge in [-0.2, -0.15) is 0 Å². The van der Waals surface area contributed by atoms with E-state index in [4.69, 9.17) is 9.47 Å². The van der Waals surface area contributed by atoms with Gasteiger partial charge in [0.2, 0.25) is 0 Å². The summed E-state index contributed by atoms with van der Waals surface area (Å²) in [5.74, 6) is 2.75. The van der Waals surface area contributed by atoms with Gasteiger partial charge in [0.15, 0.2) is 11.5 Å². The predicted molar refractivity (Wildman–Crippen MR) is 86.7 cm³/mol. The lowest BCUT2D eigenvalue weighted by Crippen LogP contribution is -2.04. The van der Waals surface area contributed by atoms with E-state index in [1.165, 1.54) is 6.33 Å². The van der Waals surface area contributed by atoms with Crippen molar-refractivity contribution in [1.82, 2.24) is 9.97 Å². The number of ether oxygens (including phenoxy) is 2. The van der Waals surface area contributed by atoms with Crippen LogP contribution in [0.25, 0.3) is 0 Å². The highest BCUT2D eigenvalue weighted by molar-refractivity contribution is 9.10. The molecule has 2 N–H and O–H groups in total. The molecule has 0 aliphatic carbocycles. The highest BCUT2D eigenvalue weighted by atomic mass is 79.9. The summed E-state index contributed by atoms with van der Waals surface area (Å²) in [6.45, 7) is 2.79. The fourth-order valence-electron chi connectivity index (χ4n) is 1.80. The van der Waals surface area contributed by atoms with E-state index in [2.05, 4.69) is 36.5 Å². The first-order chi connectivity index (χ1) is 10.2. The van der Waals surface area contributed by atoms with Crippen LogP contribution in [-0.2, 0) is 0 Å². The summed E-state index contributed by atoms with van der Waals surface area (Å²) in [5, 5.41) is 6.38. The van der Waals surface area contributed by atoms with Crippen LogP contribution in [0.1, 0.15) is 6.92 Å². The van der Waals surface area contributed by atoms with E-state index < -0.39 is 0 Å². The Morgan fingerprint density at radius 1 is 1.10 bits per heavy atom. The first-order valence-corrected chi connectivity index (χ1v) is 7.22. The normalized spacial score (nSPS) is 10.1. The topological polar surface area (TPSA) is 68.3 Å². The van der Waals surface area contributed by atoms with Gasteiger partial charge in [-0.15, -0.1) is 0 Å². The quantitative estimate of drug-likeness (QED) is 0.829. The maximum Gasteiger partial charge on any atom is 0.162 e. The molecule has 0 fully saturated rings. The van der Waals surface area contributed by atoms with Gasteiger partial charge in [0.25, 0.3) is 0 Å². The van der Waals surface area contributed by atoms with Crippen LogP contribution < -0.4 is 20.1 Å². The molecule has 1 aromatic heterocycles. The maximum atomic E-state index is 5.29. The molecule has 21 heavy (non-hydrogen) atoms.